The highest BCUT2D eigenvalue weighted by Crippen LogP contribution is 2.30. The summed E-state index contributed by atoms with van der Waals surface area (Å²) in [4.78, 5) is 13.1. The number of aryl methyl sites for hydroxylation is 1. The van der Waals surface area contributed by atoms with Crippen molar-refractivity contribution in [1.29, 1.82) is 0 Å². The molecule has 31 heavy (non-hydrogen) atoms. The number of sulfonamides is 1. The summed E-state index contributed by atoms with van der Waals surface area (Å²) in [5.74, 6) is -0.684. The van der Waals surface area contributed by atoms with Gasteiger partial charge in [0.15, 0.2) is 0 Å². The van der Waals surface area contributed by atoms with E-state index in [1.165, 1.54) is 12.1 Å². The number of amides is 1. The van der Waals surface area contributed by atoms with E-state index in [4.69, 9.17) is 4.42 Å². The third kappa shape index (κ3) is 4.33. The molecule has 0 radical (unpaired) electrons. The fourth-order valence-electron chi connectivity index (χ4n) is 3.47. The Morgan fingerprint density at radius 2 is 1.58 bits per heavy atom. The van der Waals surface area contributed by atoms with Gasteiger partial charge in [0.2, 0.25) is 15.9 Å². The maximum Gasteiger partial charge on any atom is 0.242 e. The molecular formula is C24H24N2O4S. The molecule has 3 aromatic carbocycles. The predicted molar refractivity (Wildman–Crippen MR) is 122 cm³/mol. The maximum atomic E-state index is 13.0. The van der Waals surface area contributed by atoms with E-state index < -0.39 is 22.0 Å². The quantitative estimate of drug-likeness (QED) is 0.453. The van der Waals surface area contributed by atoms with Crippen molar-refractivity contribution >= 4 is 43.6 Å². The molecule has 0 aliphatic heterocycles. The molecule has 0 saturated carbocycles. The van der Waals surface area contributed by atoms with Gasteiger partial charge < -0.3 is 9.73 Å². The van der Waals surface area contributed by atoms with Gasteiger partial charge in [-0.2, -0.15) is 4.72 Å². The Hall–Kier alpha value is -3.16. The number of hydrogen-bond acceptors (Lipinski definition) is 4. The normalized spacial score (nSPS) is 13.0. The molecule has 0 saturated heterocycles. The van der Waals surface area contributed by atoms with Crippen molar-refractivity contribution in [3.05, 3.63) is 72.3 Å². The van der Waals surface area contributed by atoms with Gasteiger partial charge in [-0.15, -0.1) is 0 Å². The van der Waals surface area contributed by atoms with Crippen LogP contribution in [0.4, 0.5) is 5.69 Å². The standard InChI is InChI=1S/C24H24N2O4S/c1-15(2)23(26-31(28,29)18-11-8-16(3)9-12-18)24(27)25-17-10-13-20-19-6-4-5-7-21(19)30-22(20)14-17/h4-15,23,26H,1-3H3,(H,25,27)/t23-/m0/s1. The Bertz CT molecular complexity index is 1360. The van der Waals surface area contributed by atoms with E-state index in [0.717, 1.165) is 21.9 Å². The second-order valence-electron chi connectivity index (χ2n) is 7.95. The van der Waals surface area contributed by atoms with Gasteiger partial charge in [-0.05, 0) is 43.2 Å². The van der Waals surface area contributed by atoms with Crippen LogP contribution in [-0.2, 0) is 14.8 Å². The first-order valence-electron chi connectivity index (χ1n) is 10.1. The SMILES string of the molecule is Cc1ccc(S(=O)(=O)N[C@H](C(=O)Nc2ccc3c(c2)oc2ccccc23)C(C)C)cc1. The van der Waals surface area contributed by atoms with Gasteiger partial charge >= 0.3 is 0 Å². The van der Waals surface area contributed by atoms with E-state index in [2.05, 4.69) is 10.0 Å². The summed E-state index contributed by atoms with van der Waals surface area (Å²) in [6.45, 7) is 5.47. The van der Waals surface area contributed by atoms with Crippen molar-refractivity contribution in [3.8, 4) is 0 Å². The molecule has 0 aliphatic carbocycles. The number of hydrogen-bond donors (Lipinski definition) is 2. The van der Waals surface area contributed by atoms with E-state index in [1.807, 2.05) is 37.3 Å². The monoisotopic (exact) mass is 436 g/mol. The van der Waals surface area contributed by atoms with Crippen molar-refractivity contribution in [1.82, 2.24) is 4.72 Å². The lowest BCUT2D eigenvalue weighted by atomic mass is 10.0. The van der Waals surface area contributed by atoms with Crippen LogP contribution >= 0.6 is 0 Å². The highest BCUT2D eigenvalue weighted by molar-refractivity contribution is 7.89. The molecule has 4 rings (SSSR count). The Morgan fingerprint density at radius 3 is 2.29 bits per heavy atom. The minimum atomic E-state index is -3.84. The summed E-state index contributed by atoms with van der Waals surface area (Å²) in [7, 11) is -3.84. The van der Waals surface area contributed by atoms with Crippen LogP contribution in [0.2, 0.25) is 0 Å². The number of anilines is 1. The number of benzene rings is 3. The molecule has 1 aromatic heterocycles. The zero-order chi connectivity index (χ0) is 22.2. The van der Waals surface area contributed by atoms with Crippen LogP contribution in [0, 0.1) is 12.8 Å². The average molecular weight is 437 g/mol. The second-order valence-corrected chi connectivity index (χ2v) is 9.67. The van der Waals surface area contributed by atoms with Crippen LogP contribution in [0.25, 0.3) is 21.9 Å². The summed E-state index contributed by atoms with van der Waals surface area (Å²) < 4.78 is 34.0. The topological polar surface area (TPSA) is 88.4 Å². The zero-order valence-electron chi connectivity index (χ0n) is 17.5. The average Bonchev–Trinajstić information content (AvgIpc) is 3.10. The largest absolute Gasteiger partial charge is 0.456 e. The Kier molecular flexibility index (Phi) is 5.56. The third-order valence-electron chi connectivity index (χ3n) is 5.21. The van der Waals surface area contributed by atoms with Crippen molar-refractivity contribution in [2.75, 3.05) is 5.32 Å². The molecule has 7 heteroatoms. The van der Waals surface area contributed by atoms with Gasteiger partial charge in [-0.1, -0.05) is 49.7 Å². The first-order chi connectivity index (χ1) is 14.7. The van der Waals surface area contributed by atoms with Crippen LogP contribution in [-0.4, -0.2) is 20.4 Å². The van der Waals surface area contributed by atoms with E-state index in [-0.39, 0.29) is 10.8 Å². The summed E-state index contributed by atoms with van der Waals surface area (Å²) >= 11 is 0. The van der Waals surface area contributed by atoms with Gasteiger partial charge in [-0.25, -0.2) is 8.42 Å². The second kappa shape index (κ2) is 8.17. The highest BCUT2D eigenvalue weighted by atomic mass is 32.2. The van der Waals surface area contributed by atoms with Gasteiger partial charge in [0.1, 0.15) is 17.2 Å². The van der Waals surface area contributed by atoms with Crippen LogP contribution in [0.1, 0.15) is 19.4 Å². The fraction of sp³-hybridized carbons (Fsp3) is 0.208. The smallest absolute Gasteiger partial charge is 0.242 e. The maximum absolute atomic E-state index is 13.0. The first-order valence-corrected chi connectivity index (χ1v) is 11.5. The van der Waals surface area contributed by atoms with Gasteiger partial charge in [0.25, 0.3) is 0 Å². The van der Waals surface area contributed by atoms with Crippen LogP contribution in [0.5, 0.6) is 0 Å². The predicted octanol–water partition coefficient (Wildman–Crippen LogP) is 4.84. The van der Waals surface area contributed by atoms with Gasteiger partial charge in [0.05, 0.1) is 4.90 Å². The lowest BCUT2D eigenvalue weighted by molar-refractivity contribution is -0.118. The number of para-hydroxylation sites is 1. The van der Waals surface area contributed by atoms with Gasteiger partial charge in [-0.3, -0.25) is 4.79 Å². The van der Waals surface area contributed by atoms with Crippen molar-refractivity contribution in [2.24, 2.45) is 5.92 Å². The molecule has 160 valence electrons. The van der Waals surface area contributed by atoms with E-state index in [0.29, 0.717) is 11.3 Å². The van der Waals surface area contributed by atoms with Gasteiger partial charge in [0, 0.05) is 22.5 Å². The molecule has 0 bridgehead atoms. The number of carbonyl (C=O) groups excluding carboxylic acids is 1. The molecule has 0 aliphatic rings. The third-order valence-corrected chi connectivity index (χ3v) is 6.67. The Labute approximate surface area is 181 Å². The fourth-order valence-corrected chi connectivity index (χ4v) is 4.81. The molecule has 1 heterocycles. The molecule has 0 fully saturated rings. The van der Waals surface area contributed by atoms with Crippen molar-refractivity contribution in [2.45, 2.75) is 31.7 Å². The summed E-state index contributed by atoms with van der Waals surface area (Å²) in [6, 6.07) is 18.7. The van der Waals surface area contributed by atoms with Crippen molar-refractivity contribution < 1.29 is 17.6 Å². The number of carbonyl (C=O) groups is 1. The van der Waals surface area contributed by atoms with E-state index in [1.54, 1.807) is 38.1 Å². The first kappa shape index (κ1) is 21.1. The molecule has 2 N–H and O–H groups in total. The molecule has 0 spiro atoms. The van der Waals surface area contributed by atoms with Crippen LogP contribution < -0.4 is 10.0 Å². The lowest BCUT2D eigenvalue weighted by Gasteiger charge is -2.21. The number of rotatable bonds is 6. The van der Waals surface area contributed by atoms with Crippen molar-refractivity contribution in [3.63, 3.8) is 0 Å². The number of fused-ring (bicyclic) bond motifs is 3. The van der Waals surface area contributed by atoms with E-state index >= 15 is 0 Å². The van der Waals surface area contributed by atoms with Crippen LogP contribution in [0.3, 0.4) is 0 Å². The molecule has 1 amide bonds. The minimum absolute atomic E-state index is 0.125. The summed E-state index contributed by atoms with van der Waals surface area (Å²) in [5, 5.41) is 4.77. The molecular weight excluding hydrogens is 412 g/mol. The lowest BCUT2D eigenvalue weighted by Crippen LogP contribution is -2.47. The summed E-state index contributed by atoms with van der Waals surface area (Å²) in [6.07, 6.45) is 0. The molecule has 0 unspecified atom stereocenters. The molecule has 6 nitrogen and oxygen atoms in total. The Morgan fingerprint density at radius 1 is 0.903 bits per heavy atom. The number of nitrogens with one attached hydrogen (secondary N) is 2. The zero-order valence-corrected chi connectivity index (χ0v) is 18.4. The highest BCUT2D eigenvalue weighted by Gasteiger charge is 2.28. The minimum Gasteiger partial charge on any atom is -0.456 e. The Balaban J connectivity index is 1.57. The van der Waals surface area contributed by atoms with E-state index in [9.17, 15) is 13.2 Å². The summed E-state index contributed by atoms with van der Waals surface area (Å²) in [5.41, 5.74) is 2.92. The molecule has 4 aromatic rings. The van der Waals surface area contributed by atoms with Crippen LogP contribution in [0.15, 0.2) is 76.0 Å². The molecule has 1 atom stereocenters. The number of furan rings is 1.